The molecule has 4 nitrogen and oxygen atoms in total. The van der Waals surface area contributed by atoms with Gasteiger partial charge in [-0.2, -0.15) is 0 Å². The summed E-state index contributed by atoms with van der Waals surface area (Å²) in [6, 6.07) is 6.78. The van der Waals surface area contributed by atoms with Gasteiger partial charge >= 0.3 is 0 Å². The van der Waals surface area contributed by atoms with Crippen LogP contribution in [0.25, 0.3) is 0 Å². The van der Waals surface area contributed by atoms with Gasteiger partial charge in [0, 0.05) is 26.0 Å². The largest absolute Gasteiger partial charge is 0.306 e. The van der Waals surface area contributed by atoms with Crippen molar-refractivity contribution in [3.8, 4) is 0 Å². The van der Waals surface area contributed by atoms with E-state index >= 15 is 0 Å². The molecule has 0 radical (unpaired) electrons. The normalized spacial score (nSPS) is 20.7. The molecule has 1 saturated heterocycles. The van der Waals surface area contributed by atoms with Crippen LogP contribution in [0, 0.1) is 5.92 Å². The van der Waals surface area contributed by atoms with Crippen molar-refractivity contribution in [2.75, 3.05) is 33.7 Å². The number of hydrogen-bond acceptors (Lipinski definition) is 3. The van der Waals surface area contributed by atoms with Crippen LogP contribution in [0.3, 0.4) is 0 Å². The molecule has 1 aromatic carbocycles. The Bertz CT molecular complexity index is 545. The number of benzene rings is 1. The second-order valence-electron chi connectivity index (χ2n) is 5.48. The van der Waals surface area contributed by atoms with Crippen LogP contribution in [0.15, 0.2) is 29.2 Å². The fourth-order valence-corrected chi connectivity index (χ4v) is 3.99. The third-order valence-corrected chi connectivity index (χ3v) is 5.94. The van der Waals surface area contributed by atoms with Gasteiger partial charge in [-0.15, -0.1) is 11.6 Å². The molecule has 0 aromatic heterocycles. The minimum Gasteiger partial charge on any atom is -0.306 e. The Morgan fingerprint density at radius 3 is 2.50 bits per heavy atom. The van der Waals surface area contributed by atoms with E-state index in [0.717, 1.165) is 25.1 Å². The smallest absolute Gasteiger partial charge is 0.242 e. The summed E-state index contributed by atoms with van der Waals surface area (Å²) in [7, 11) is 0.328. The fraction of sp³-hybridized carbons (Fsp3) is 0.571. The average Bonchev–Trinajstić information content (AvgIpc) is 2.84. The highest BCUT2D eigenvalue weighted by Crippen LogP contribution is 2.20. The molecule has 112 valence electrons. The molecule has 20 heavy (non-hydrogen) atoms. The van der Waals surface area contributed by atoms with Crippen LogP contribution in [0.2, 0.25) is 0 Å². The lowest BCUT2D eigenvalue weighted by Crippen LogP contribution is -2.32. The van der Waals surface area contributed by atoms with Crippen LogP contribution >= 0.6 is 11.6 Å². The first kappa shape index (κ1) is 15.8. The molecule has 0 aliphatic carbocycles. The zero-order chi connectivity index (χ0) is 14.8. The Morgan fingerprint density at radius 1 is 1.35 bits per heavy atom. The van der Waals surface area contributed by atoms with Crippen molar-refractivity contribution in [3.05, 3.63) is 29.8 Å². The minimum absolute atomic E-state index is 0.334. The summed E-state index contributed by atoms with van der Waals surface area (Å²) >= 11 is 5.72. The van der Waals surface area contributed by atoms with Gasteiger partial charge in [-0.05, 0) is 43.6 Å². The number of nitrogens with zero attached hydrogens (tertiary/aromatic N) is 2. The predicted octanol–water partition coefficient (Wildman–Crippen LogP) is 2.00. The highest BCUT2D eigenvalue weighted by atomic mass is 35.5. The molecule has 2 rings (SSSR count). The van der Waals surface area contributed by atoms with E-state index in [1.54, 1.807) is 31.3 Å². The van der Waals surface area contributed by atoms with E-state index in [9.17, 15) is 8.42 Å². The number of sulfonamides is 1. The summed E-state index contributed by atoms with van der Waals surface area (Å²) in [5.41, 5.74) is 0.922. The van der Waals surface area contributed by atoms with Crippen LogP contribution in [0.4, 0.5) is 0 Å². The van der Waals surface area contributed by atoms with Gasteiger partial charge in [0.2, 0.25) is 10.0 Å². The molecule has 1 aliphatic heterocycles. The number of rotatable bonds is 5. The van der Waals surface area contributed by atoms with Crippen LogP contribution in [0.5, 0.6) is 0 Å². The molecule has 0 N–H and O–H groups in total. The average molecular weight is 317 g/mol. The molecule has 0 bridgehead atoms. The molecule has 0 spiro atoms. The molecular formula is C14H21ClN2O2S. The van der Waals surface area contributed by atoms with Crippen molar-refractivity contribution in [1.82, 2.24) is 9.21 Å². The molecule has 1 fully saturated rings. The van der Waals surface area contributed by atoms with Gasteiger partial charge in [-0.25, -0.2) is 12.7 Å². The first-order valence-electron chi connectivity index (χ1n) is 6.73. The van der Waals surface area contributed by atoms with Crippen LogP contribution in [-0.4, -0.2) is 51.4 Å². The van der Waals surface area contributed by atoms with Gasteiger partial charge in [-0.3, -0.25) is 0 Å². The van der Waals surface area contributed by atoms with E-state index in [4.69, 9.17) is 11.6 Å². The summed E-state index contributed by atoms with van der Waals surface area (Å²) in [6.45, 7) is 2.58. The van der Waals surface area contributed by atoms with Crippen LogP contribution in [0.1, 0.15) is 12.0 Å². The summed E-state index contributed by atoms with van der Waals surface area (Å²) in [5.74, 6) is 0.812. The van der Waals surface area contributed by atoms with Crippen molar-refractivity contribution in [2.24, 2.45) is 5.92 Å². The molecule has 1 heterocycles. The Kier molecular flexibility index (Phi) is 5.07. The van der Waals surface area contributed by atoms with Gasteiger partial charge in [0.25, 0.3) is 0 Å². The zero-order valence-electron chi connectivity index (χ0n) is 11.9. The van der Waals surface area contributed by atoms with E-state index in [1.165, 1.54) is 4.31 Å². The molecule has 1 atom stereocenters. The van der Waals surface area contributed by atoms with Crippen molar-refractivity contribution >= 4 is 21.6 Å². The molecule has 0 amide bonds. The molecule has 0 saturated carbocycles. The van der Waals surface area contributed by atoms with Crippen molar-refractivity contribution in [2.45, 2.75) is 17.2 Å². The maximum atomic E-state index is 12.5. The Hall–Kier alpha value is -0.620. The number of halogens is 1. The lowest BCUT2D eigenvalue weighted by Gasteiger charge is -2.21. The number of likely N-dealkylation sites (tertiary alicyclic amines) is 1. The summed E-state index contributed by atoms with van der Waals surface area (Å²) < 4.78 is 26.4. The van der Waals surface area contributed by atoms with E-state index in [1.807, 2.05) is 0 Å². The van der Waals surface area contributed by atoms with E-state index in [2.05, 4.69) is 11.9 Å². The van der Waals surface area contributed by atoms with Crippen molar-refractivity contribution in [3.63, 3.8) is 0 Å². The summed E-state index contributed by atoms with van der Waals surface area (Å²) in [4.78, 5) is 2.57. The highest BCUT2D eigenvalue weighted by molar-refractivity contribution is 7.89. The molecule has 1 unspecified atom stereocenters. The van der Waals surface area contributed by atoms with Crippen LogP contribution in [-0.2, 0) is 15.9 Å². The van der Waals surface area contributed by atoms with Gasteiger partial charge in [0.05, 0.1) is 4.90 Å². The van der Waals surface area contributed by atoms with Crippen molar-refractivity contribution < 1.29 is 8.42 Å². The lowest BCUT2D eigenvalue weighted by atomic mass is 10.1. The Balaban J connectivity index is 2.08. The zero-order valence-corrected chi connectivity index (χ0v) is 13.5. The second-order valence-corrected chi connectivity index (χ2v) is 7.79. The summed E-state index contributed by atoms with van der Waals surface area (Å²) in [5, 5.41) is 0. The van der Waals surface area contributed by atoms with Gasteiger partial charge in [0.15, 0.2) is 0 Å². The first-order chi connectivity index (χ1) is 9.43. The molecule has 1 aliphatic rings. The highest BCUT2D eigenvalue weighted by Gasteiger charge is 2.27. The molecular weight excluding hydrogens is 296 g/mol. The lowest BCUT2D eigenvalue weighted by molar-refractivity contribution is 0.357. The third-order valence-electron chi connectivity index (χ3n) is 3.79. The number of hydrogen-bond donors (Lipinski definition) is 0. The van der Waals surface area contributed by atoms with E-state index in [-0.39, 0.29) is 0 Å². The topological polar surface area (TPSA) is 40.6 Å². The van der Waals surface area contributed by atoms with Gasteiger partial charge < -0.3 is 4.90 Å². The standard InChI is InChI=1S/C14H21ClN2O2S/c1-16-8-7-13(10-16)11-17(2)20(18,19)14-5-3-12(9-15)4-6-14/h3-6,13H,7-11H2,1-2H3. The van der Waals surface area contributed by atoms with Crippen molar-refractivity contribution in [1.29, 1.82) is 0 Å². The van der Waals surface area contributed by atoms with E-state index < -0.39 is 10.0 Å². The Labute approximate surface area is 126 Å². The Morgan fingerprint density at radius 2 is 2.00 bits per heavy atom. The van der Waals surface area contributed by atoms with Gasteiger partial charge in [-0.1, -0.05) is 12.1 Å². The van der Waals surface area contributed by atoms with Gasteiger partial charge in [0.1, 0.15) is 0 Å². The number of alkyl halides is 1. The second kappa shape index (κ2) is 6.43. The maximum absolute atomic E-state index is 12.5. The monoisotopic (exact) mass is 316 g/mol. The van der Waals surface area contributed by atoms with E-state index in [0.29, 0.717) is 23.2 Å². The quantitative estimate of drug-likeness (QED) is 0.780. The minimum atomic E-state index is -3.40. The molecule has 6 heteroatoms. The predicted molar refractivity (Wildman–Crippen MR) is 81.4 cm³/mol. The molecule has 1 aromatic rings. The SMILES string of the molecule is CN1CCC(CN(C)S(=O)(=O)c2ccc(CCl)cc2)C1. The fourth-order valence-electron chi connectivity index (χ4n) is 2.57. The van der Waals surface area contributed by atoms with Crippen LogP contribution < -0.4 is 0 Å². The third kappa shape index (κ3) is 3.52. The maximum Gasteiger partial charge on any atom is 0.242 e. The first-order valence-corrected chi connectivity index (χ1v) is 8.70. The summed E-state index contributed by atoms with van der Waals surface area (Å²) in [6.07, 6.45) is 1.06.